The van der Waals surface area contributed by atoms with Gasteiger partial charge in [-0.1, -0.05) is 23.5 Å². The molecule has 0 aliphatic rings. The highest BCUT2D eigenvalue weighted by Gasteiger charge is 2.19. The Morgan fingerprint density at radius 2 is 2.00 bits per heavy atom. The monoisotopic (exact) mass is 291 g/mol. The third kappa shape index (κ3) is 2.91. The summed E-state index contributed by atoms with van der Waals surface area (Å²) in [5.74, 6) is -0.438. The highest BCUT2D eigenvalue weighted by Crippen LogP contribution is 2.33. The Balaban J connectivity index is 2.39. The second-order valence-corrected chi connectivity index (χ2v) is 5.42. The van der Waals surface area contributed by atoms with E-state index in [1.54, 1.807) is 6.92 Å². The smallest absolute Gasteiger partial charge is 0.358 e. The zero-order valence-corrected chi connectivity index (χ0v) is 12.5. The van der Waals surface area contributed by atoms with Crippen LogP contribution in [-0.4, -0.2) is 31.7 Å². The highest BCUT2D eigenvalue weighted by atomic mass is 32.1. The van der Waals surface area contributed by atoms with Crippen molar-refractivity contribution in [3.63, 3.8) is 0 Å². The van der Waals surface area contributed by atoms with Gasteiger partial charge in [-0.15, -0.1) is 0 Å². The molecule has 1 aromatic carbocycles. The Hall–Kier alpha value is -2.08. The number of thiazole rings is 1. The SMILES string of the molecule is CCOC(=O)c1nc(N)sc1-c1ccc(N(C)C)cc1. The van der Waals surface area contributed by atoms with Gasteiger partial charge in [0.15, 0.2) is 10.8 Å². The van der Waals surface area contributed by atoms with Crippen molar-refractivity contribution in [2.45, 2.75) is 6.92 Å². The Labute approximate surface area is 122 Å². The van der Waals surface area contributed by atoms with Crippen LogP contribution in [0, 0.1) is 0 Å². The molecule has 0 spiro atoms. The average molecular weight is 291 g/mol. The number of aromatic nitrogens is 1. The number of benzene rings is 1. The minimum atomic E-state index is -0.438. The zero-order valence-electron chi connectivity index (χ0n) is 11.7. The summed E-state index contributed by atoms with van der Waals surface area (Å²) in [4.78, 5) is 18.7. The van der Waals surface area contributed by atoms with Crippen molar-refractivity contribution < 1.29 is 9.53 Å². The van der Waals surface area contributed by atoms with E-state index in [9.17, 15) is 4.79 Å². The fourth-order valence-electron chi connectivity index (χ4n) is 1.78. The molecule has 0 radical (unpaired) electrons. The molecule has 106 valence electrons. The van der Waals surface area contributed by atoms with E-state index in [0.29, 0.717) is 11.7 Å². The van der Waals surface area contributed by atoms with Gasteiger partial charge in [0, 0.05) is 19.8 Å². The maximum absolute atomic E-state index is 11.9. The summed E-state index contributed by atoms with van der Waals surface area (Å²) in [7, 11) is 3.95. The first kappa shape index (κ1) is 14.3. The quantitative estimate of drug-likeness (QED) is 0.877. The summed E-state index contributed by atoms with van der Waals surface area (Å²) >= 11 is 1.29. The molecule has 0 aliphatic carbocycles. The van der Waals surface area contributed by atoms with Crippen LogP contribution in [-0.2, 0) is 4.74 Å². The number of hydrogen-bond acceptors (Lipinski definition) is 6. The van der Waals surface area contributed by atoms with Crippen LogP contribution in [0.3, 0.4) is 0 Å². The lowest BCUT2D eigenvalue weighted by Gasteiger charge is -2.12. The molecule has 2 N–H and O–H groups in total. The third-order valence-electron chi connectivity index (χ3n) is 2.76. The van der Waals surface area contributed by atoms with Gasteiger partial charge < -0.3 is 15.4 Å². The van der Waals surface area contributed by atoms with Crippen LogP contribution in [0.5, 0.6) is 0 Å². The van der Waals surface area contributed by atoms with Crippen molar-refractivity contribution in [2.75, 3.05) is 31.3 Å². The van der Waals surface area contributed by atoms with Crippen molar-refractivity contribution in [2.24, 2.45) is 0 Å². The largest absolute Gasteiger partial charge is 0.461 e. The Morgan fingerprint density at radius 1 is 1.35 bits per heavy atom. The lowest BCUT2D eigenvalue weighted by molar-refractivity contribution is 0.0521. The van der Waals surface area contributed by atoms with E-state index in [0.717, 1.165) is 16.1 Å². The average Bonchev–Trinajstić information content (AvgIpc) is 2.81. The number of carbonyl (C=O) groups is 1. The van der Waals surface area contributed by atoms with Gasteiger partial charge in [0.05, 0.1) is 11.5 Å². The molecule has 0 fully saturated rings. The van der Waals surface area contributed by atoms with Crippen molar-refractivity contribution in [1.82, 2.24) is 4.98 Å². The number of carbonyl (C=O) groups excluding carboxylic acids is 1. The second-order valence-electron chi connectivity index (χ2n) is 4.39. The molecular weight excluding hydrogens is 274 g/mol. The maximum atomic E-state index is 11.9. The Bertz CT molecular complexity index is 605. The van der Waals surface area contributed by atoms with Gasteiger partial charge >= 0.3 is 5.97 Å². The van der Waals surface area contributed by atoms with E-state index in [2.05, 4.69) is 4.98 Å². The Morgan fingerprint density at radius 3 is 2.55 bits per heavy atom. The van der Waals surface area contributed by atoms with Crippen LogP contribution < -0.4 is 10.6 Å². The predicted molar refractivity (Wildman–Crippen MR) is 82.2 cm³/mol. The summed E-state index contributed by atoms with van der Waals surface area (Å²) in [6.07, 6.45) is 0. The van der Waals surface area contributed by atoms with Crippen LogP contribution in [0.15, 0.2) is 24.3 Å². The molecular formula is C14H17N3O2S. The molecule has 0 saturated heterocycles. The van der Waals surface area contributed by atoms with E-state index >= 15 is 0 Å². The molecule has 1 aromatic heterocycles. The number of esters is 1. The molecule has 0 amide bonds. The molecule has 5 nitrogen and oxygen atoms in total. The molecule has 1 heterocycles. The number of anilines is 2. The van der Waals surface area contributed by atoms with Gasteiger partial charge in [0.1, 0.15) is 0 Å². The first-order valence-electron chi connectivity index (χ1n) is 6.24. The molecule has 2 aromatic rings. The van der Waals surface area contributed by atoms with Crippen LogP contribution in [0.4, 0.5) is 10.8 Å². The van der Waals surface area contributed by atoms with E-state index in [1.165, 1.54) is 11.3 Å². The number of nitrogens with zero attached hydrogens (tertiary/aromatic N) is 2. The number of rotatable bonds is 4. The number of nitrogens with two attached hydrogens (primary N) is 1. The van der Waals surface area contributed by atoms with Gasteiger partial charge in [0.25, 0.3) is 0 Å². The number of hydrogen-bond donors (Lipinski definition) is 1. The maximum Gasteiger partial charge on any atom is 0.358 e. The third-order valence-corrected chi connectivity index (χ3v) is 3.69. The molecule has 2 rings (SSSR count). The first-order valence-corrected chi connectivity index (χ1v) is 7.05. The molecule has 0 aliphatic heterocycles. The minimum Gasteiger partial charge on any atom is -0.461 e. The summed E-state index contributed by atoms with van der Waals surface area (Å²) in [6, 6.07) is 7.87. The van der Waals surface area contributed by atoms with Crippen molar-refractivity contribution >= 4 is 28.1 Å². The van der Waals surface area contributed by atoms with Gasteiger partial charge in [-0.3, -0.25) is 0 Å². The van der Waals surface area contributed by atoms with Crippen LogP contribution >= 0.6 is 11.3 Å². The number of ether oxygens (including phenoxy) is 1. The van der Waals surface area contributed by atoms with Crippen molar-refractivity contribution in [3.05, 3.63) is 30.0 Å². The molecule has 20 heavy (non-hydrogen) atoms. The molecule has 0 unspecified atom stereocenters. The lowest BCUT2D eigenvalue weighted by atomic mass is 10.1. The van der Waals surface area contributed by atoms with Crippen LogP contribution in [0.1, 0.15) is 17.4 Å². The normalized spacial score (nSPS) is 10.3. The minimum absolute atomic E-state index is 0.284. The second kappa shape index (κ2) is 5.92. The molecule has 6 heteroatoms. The van der Waals surface area contributed by atoms with E-state index in [-0.39, 0.29) is 5.69 Å². The van der Waals surface area contributed by atoms with Gasteiger partial charge in [-0.05, 0) is 24.6 Å². The summed E-state index contributed by atoms with van der Waals surface area (Å²) in [5, 5.41) is 0.361. The van der Waals surface area contributed by atoms with E-state index in [4.69, 9.17) is 10.5 Å². The standard InChI is InChI=1S/C14H17N3O2S/c1-4-19-13(18)11-12(20-14(15)16-11)9-5-7-10(8-6-9)17(2)3/h5-8H,4H2,1-3H3,(H2,15,16). The van der Waals surface area contributed by atoms with Crippen LogP contribution in [0.2, 0.25) is 0 Å². The zero-order chi connectivity index (χ0) is 14.7. The fraction of sp³-hybridized carbons (Fsp3) is 0.286. The molecule has 0 saturated carbocycles. The fourth-order valence-corrected chi connectivity index (χ4v) is 2.61. The number of nitrogen functional groups attached to an aromatic ring is 1. The lowest BCUT2D eigenvalue weighted by Crippen LogP contribution is -2.08. The highest BCUT2D eigenvalue weighted by molar-refractivity contribution is 7.19. The molecule has 0 bridgehead atoms. The summed E-state index contributed by atoms with van der Waals surface area (Å²) < 4.78 is 5.01. The Kier molecular flexibility index (Phi) is 4.24. The van der Waals surface area contributed by atoms with Gasteiger partial charge in [-0.25, -0.2) is 9.78 Å². The van der Waals surface area contributed by atoms with Gasteiger partial charge in [0.2, 0.25) is 0 Å². The summed E-state index contributed by atoms with van der Waals surface area (Å²) in [6.45, 7) is 2.08. The van der Waals surface area contributed by atoms with Gasteiger partial charge in [-0.2, -0.15) is 0 Å². The molecule has 0 atom stereocenters. The summed E-state index contributed by atoms with van der Waals surface area (Å²) in [5.41, 5.74) is 8.00. The van der Waals surface area contributed by atoms with E-state index in [1.807, 2.05) is 43.3 Å². The van der Waals surface area contributed by atoms with E-state index < -0.39 is 5.97 Å². The van der Waals surface area contributed by atoms with Crippen molar-refractivity contribution in [3.8, 4) is 10.4 Å². The predicted octanol–water partition coefficient (Wildman–Crippen LogP) is 2.64. The van der Waals surface area contributed by atoms with Crippen LogP contribution in [0.25, 0.3) is 10.4 Å². The topological polar surface area (TPSA) is 68.4 Å². The van der Waals surface area contributed by atoms with Crippen molar-refractivity contribution in [1.29, 1.82) is 0 Å². The first-order chi connectivity index (χ1) is 9.52.